The Kier molecular flexibility index (Phi) is 4.45. The zero-order valence-corrected chi connectivity index (χ0v) is 12.0. The van der Waals surface area contributed by atoms with E-state index >= 15 is 0 Å². The Hall–Kier alpha value is -2.53. The third-order valence-electron chi connectivity index (χ3n) is 2.80. The summed E-state index contributed by atoms with van der Waals surface area (Å²) >= 11 is 5.88. The van der Waals surface area contributed by atoms with E-state index in [2.05, 4.69) is 10.1 Å². The van der Waals surface area contributed by atoms with E-state index in [1.54, 1.807) is 30.3 Å². The van der Waals surface area contributed by atoms with Crippen molar-refractivity contribution < 1.29 is 14.3 Å². The number of hydrogen-bond acceptors (Lipinski definition) is 4. The Morgan fingerprint density at radius 3 is 2.57 bits per heavy atom. The summed E-state index contributed by atoms with van der Waals surface area (Å²) in [5, 5.41) is 2.99. The predicted molar refractivity (Wildman–Crippen MR) is 81.6 cm³/mol. The van der Waals surface area contributed by atoms with Gasteiger partial charge in [-0.1, -0.05) is 17.7 Å². The van der Waals surface area contributed by atoms with Gasteiger partial charge in [-0.3, -0.25) is 4.79 Å². The summed E-state index contributed by atoms with van der Waals surface area (Å²) in [7, 11) is 1.30. The lowest BCUT2D eigenvalue weighted by Crippen LogP contribution is -2.12. The molecule has 3 N–H and O–H groups in total. The molecule has 0 unspecified atom stereocenters. The van der Waals surface area contributed by atoms with Crippen LogP contribution in [0, 0.1) is 0 Å². The molecule has 0 atom stereocenters. The fourth-order valence-electron chi connectivity index (χ4n) is 1.71. The maximum Gasteiger partial charge on any atom is 0.337 e. The van der Waals surface area contributed by atoms with Gasteiger partial charge >= 0.3 is 5.97 Å². The van der Waals surface area contributed by atoms with Crippen molar-refractivity contribution in [3.8, 4) is 0 Å². The topological polar surface area (TPSA) is 81.4 Å². The number of nitrogens with two attached hydrogens (primary N) is 1. The molecule has 0 heterocycles. The molecule has 6 heteroatoms. The summed E-state index contributed by atoms with van der Waals surface area (Å²) < 4.78 is 4.63. The highest BCUT2D eigenvalue weighted by Gasteiger charge is 2.10. The number of carbonyl (C=O) groups is 2. The zero-order valence-electron chi connectivity index (χ0n) is 11.2. The molecule has 0 aliphatic rings. The molecule has 1 amide bonds. The number of nitrogens with one attached hydrogen (secondary N) is 1. The van der Waals surface area contributed by atoms with Crippen molar-refractivity contribution in [3.63, 3.8) is 0 Å². The van der Waals surface area contributed by atoms with E-state index in [1.165, 1.54) is 19.2 Å². The molecule has 2 aromatic rings. The van der Waals surface area contributed by atoms with Crippen LogP contribution in [0.5, 0.6) is 0 Å². The summed E-state index contributed by atoms with van der Waals surface area (Å²) in [4.78, 5) is 23.5. The van der Waals surface area contributed by atoms with Crippen LogP contribution in [0.1, 0.15) is 20.7 Å². The van der Waals surface area contributed by atoms with Gasteiger partial charge in [-0.2, -0.15) is 0 Å². The Morgan fingerprint density at radius 2 is 1.90 bits per heavy atom. The van der Waals surface area contributed by atoms with Crippen molar-refractivity contribution in [1.29, 1.82) is 0 Å². The van der Waals surface area contributed by atoms with Crippen molar-refractivity contribution >= 4 is 34.9 Å². The molecule has 108 valence electrons. The molecule has 5 nitrogen and oxygen atoms in total. The van der Waals surface area contributed by atoms with Gasteiger partial charge in [-0.15, -0.1) is 0 Å². The summed E-state index contributed by atoms with van der Waals surface area (Å²) in [5.74, 6) is -0.819. The van der Waals surface area contributed by atoms with Crippen LogP contribution >= 0.6 is 11.6 Å². The Morgan fingerprint density at radius 1 is 1.14 bits per heavy atom. The summed E-state index contributed by atoms with van der Waals surface area (Å²) in [6.07, 6.45) is 0. The van der Waals surface area contributed by atoms with Gasteiger partial charge in [0, 0.05) is 11.3 Å². The first-order valence-electron chi connectivity index (χ1n) is 6.06. The molecular weight excluding hydrogens is 292 g/mol. The summed E-state index contributed by atoms with van der Waals surface area (Å²) in [6, 6.07) is 11.1. The first-order chi connectivity index (χ1) is 10.0. The molecule has 2 rings (SSSR count). The number of rotatable bonds is 3. The fraction of sp³-hybridized carbons (Fsp3) is 0.0667. The number of halogens is 1. The summed E-state index contributed by atoms with van der Waals surface area (Å²) in [5.41, 5.74) is 7.21. The van der Waals surface area contributed by atoms with E-state index < -0.39 is 5.97 Å². The minimum Gasteiger partial charge on any atom is -0.465 e. The molecule has 2 aromatic carbocycles. The second kappa shape index (κ2) is 6.28. The van der Waals surface area contributed by atoms with Crippen LogP contribution in [0.2, 0.25) is 5.02 Å². The zero-order chi connectivity index (χ0) is 15.4. The molecule has 0 radical (unpaired) electrons. The lowest BCUT2D eigenvalue weighted by atomic mass is 10.1. The number of ether oxygens (including phenoxy) is 1. The van der Waals surface area contributed by atoms with E-state index in [4.69, 9.17) is 17.3 Å². The van der Waals surface area contributed by atoms with Gasteiger partial charge in [0.1, 0.15) is 0 Å². The Bertz CT molecular complexity index is 701. The monoisotopic (exact) mass is 304 g/mol. The average molecular weight is 305 g/mol. The molecule has 0 aromatic heterocycles. The number of esters is 1. The third kappa shape index (κ3) is 3.52. The van der Waals surface area contributed by atoms with E-state index in [0.717, 1.165) is 0 Å². The number of carbonyl (C=O) groups excluding carboxylic acids is 2. The average Bonchev–Trinajstić information content (AvgIpc) is 2.49. The Balaban J connectivity index is 2.19. The lowest BCUT2D eigenvalue weighted by Gasteiger charge is -2.07. The van der Waals surface area contributed by atoms with Gasteiger partial charge in [0.15, 0.2) is 0 Å². The van der Waals surface area contributed by atoms with Crippen LogP contribution in [0.4, 0.5) is 11.4 Å². The van der Waals surface area contributed by atoms with Gasteiger partial charge in [0.05, 0.1) is 23.4 Å². The second-order valence-corrected chi connectivity index (χ2v) is 4.67. The van der Waals surface area contributed by atoms with Crippen molar-refractivity contribution in [1.82, 2.24) is 0 Å². The molecular formula is C15H13ClN2O3. The van der Waals surface area contributed by atoms with Crippen molar-refractivity contribution in [2.45, 2.75) is 0 Å². The summed E-state index contributed by atoms with van der Waals surface area (Å²) in [6.45, 7) is 0. The van der Waals surface area contributed by atoms with Gasteiger partial charge in [-0.05, 0) is 36.4 Å². The van der Waals surface area contributed by atoms with Gasteiger partial charge in [-0.25, -0.2) is 4.79 Å². The number of hydrogen-bond donors (Lipinski definition) is 2. The van der Waals surface area contributed by atoms with Crippen LogP contribution < -0.4 is 11.1 Å². The highest BCUT2D eigenvalue weighted by atomic mass is 35.5. The largest absolute Gasteiger partial charge is 0.465 e. The van der Waals surface area contributed by atoms with Crippen LogP contribution in [-0.4, -0.2) is 19.0 Å². The fourth-order valence-corrected chi connectivity index (χ4v) is 1.89. The molecule has 0 saturated heterocycles. The smallest absolute Gasteiger partial charge is 0.337 e. The van der Waals surface area contributed by atoms with Crippen LogP contribution in [-0.2, 0) is 4.74 Å². The van der Waals surface area contributed by atoms with Crippen molar-refractivity contribution in [3.05, 3.63) is 58.6 Å². The van der Waals surface area contributed by atoms with Gasteiger partial charge in [0.2, 0.25) is 0 Å². The maximum absolute atomic E-state index is 12.1. The second-order valence-electron chi connectivity index (χ2n) is 4.26. The number of anilines is 2. The predicted octanol–water partition coefficient (Wildman–Crippen LogP) is 2.96. The molecule has 0 bridgehead atoms. The van der Waals surface area contributed by atoms with E-state index in [0.29, 0.717) is 27.5 Å². The minimum absolute atomic E-state index is 0.311. The maximum atomic E-state index is 12.1. The number of amides is 1. The number of methoxy groups -OCH3 is 1. The molecule has 21 heavy (non-hydrogen) atoms. The minimum atomic E-state index is -0.471. The van der Waals surface area contributed by atoms with E-state index in [9.17, 15) is 9.59 Å². The standard InChI is InChI=1S/C15H13ClN2O3/c1-21-15(20)10-3-2-4-11(7-10)18-14(19)9-5-6-13(17)12(16)8-9/h2-8H,17H2,1H3,(H,18,19). The van der Waals surface area contributed by atoms with Gasteiger partial charge < -0.3 is 15.8 Å². The first kappa shape index (κ1) is 14.9. The SMILES string of the molecule is COC(=O)c1cccc(NC(=O)c2ccc(N)c(Cl)c2)c1. The Labute approximate surface area is 126 Å². The third-order valence-corrected chi connectivity index (χ3v) is 3.13. The van der Waals surface area contributed by atoms with E-state index in [1.807, 2.05) is 0 Å². The quantitative estimate of drug-likeness (QED) is 0.674. The number of benzene rings is 2. The van der Waals surface area contributed by atoms with Crippen molar-refractivity contribution in [2.24, 2.45) is 0 Å². The van der Waals surface area contributed by atoms with Crippen LogP contribution in [0.15, 0.2) is 42.5 Å². The molecule has 0 fully saturated rings. The van der Waals surface area contributed by atoms with E-state index in [-0.39, 0.29) is 5.91 Å². The highest BCUT2D eigenvalue weighted by Crippen LogP contribution is 2.20. The van der Waals surface area contributed by atoms with Crippen molar-refractivity contribution in [2.75, 3.05) is 18.2 Å². The first-order valence-corrected chi connectivity index (χ1v) is 6.44. The highest BCUT2D eigenvalue weighted by molar-refractivity contribution is 6.33. The number of nitrogen functional groups attached to an aromatic ring is 1. The molecule has 0 spiro atoms. The normalized spacial score (nSPS) is 10.0. The van der Waals surface area contributed by atoms with Gasteiger partial charge in [0.25, 0.3) is 5.91 Å². The molecule has 0 saturated carbocycles. The van der Waals surface area contributed by atoms with Crippen LogP contribution in [0.25, 0.3) is 0 Å². The molecule has 0 aliphatic carbocycles. The van der Waals surface area contributed by atoms with Crippen LogP contribution in [0.3, 0.4) is 0 Å². The molecule has 0 aliphatic heterocycles. The lowest BCUT2D eigenvalue weighted by molar-refractivity contribution is 0.0600.